The zero-order valence-corrected chi connectivity index (χ0v) is 17.1. The highest BCUT2D eigenvalue weighted by Crippen LogP contribution is 2.45. The minimum atomic E-state index is -0.438. The molecule has 1 aliphatic heterocycles. The molecule has 0 N–H and O–H groups in total. The topological polar surface area (TPSA) is 6.48 Å². The maximum atomic E-state index is 2.55. The van der Waals surface area contributed by atoms with Crippen molar-refractivity contribution in [2.24, 2.45) is 0 Å². The van der Waals surface area contributed by atoms with Crippen LogP contribution in [0.5, 0.6) is 0 Å². The summed E-state index contributed by atoms with van der Waals surface area (Å²) in [6, 6.07) is 30.6. The number of anilines is 2. The van der Waals surface area contributed by atoms with E-state index < -0.39 is 7.92 Å². The van der Waals surface area contributed by atoms with Crippen LogP contribution in [0.2, 0.25) is 0 Å². The van der Waals surface area contributed by atoms with E-state index in [9.17, 15) is 0 Å². The molecule has 1 aliphatic rings. The fraction of sp³-hybridized carbons (Fsp3) is 0.143. The van der Waals surface area contributed by atoms with E-state index in [1.807, 2.05) is 0 Å². The average Bonchev–Trinajstić information content (AvgIpc) is 2.92. The van der Waals surface area contributed by atoms with Gasteiger partial charge in [-0.2, -0.15) is 0 Å². The van der Waals surface area contributed by atoms with Crippen LogP contribution in [-0.2, 0) is 0 Å². The first-order chi connectivity index (χ1) is 12.3. The van der Waals surface area contributed by atoms with Gasteiger partial charge in [-0.05, 0) is 53.3 Å². The molecule has 4 rings (SSSR count). The molecule has 1 heterocycles. The molecule has 3 aromatic carbocycles. The molecule has 0 saturated heterocycles. The standard InChI is InChI=1S/C21H20IN2P/c1-23-19-14-8-9-15-20(19)24(21(23)22)16-25(17-10-4-2-5-11-17)18-12-6-3-7-13-18/h2-15,21H,16H2,1H3. The van der Waals surface area contributed by atoms with Crippen molar-refractivity contribution in [3.8, 4) is 0 Å². The molecule has 0 saturated carbocycles. The van der Waals surface area contributed by atoms with Crippen molar-refractivity contribution in [3.05, 3.63) is 84.9 Å². The highest BCUT2D eigenvalue weighted by molar-refractivity contribution is 14.1. The molecule has 1 unspecified atom stereocenters. The largest absolute Gasteiger partial charge is 0.344 e. The van der Waals surface area contributed by atoms with Crippen molar-refractivity contribution in [1.82, 2.24) is 0 Å². The van der Waals surface area contributed by atoms with Crippen molar-refractivity contribution in [2.45, 2.75) is 4.17 Å². The normalized spacial score (nSPS) is 16.4. The number of alkyl halides is 1. The number of nitrogens with zero attached hydrogens (tertiary/aromatic N) is 2. The molecule has 25 heavy (non-hydrogen) atoms. The van der Waals surface area contributed by atoms with Gasteiger partial charge in [0.2, 0.25) is 0 Å². The Bertz CT molecular complexity index is 801. The van der Waals surface area contributed by atoms with E-state index in [4.69, 9.17) is 0 Å². The van der Waals surface area contributed by atoms with E-state index in [-0.39, 0.29) is 0 Å². The summed E-state index contributed by atoms with van der Waals surface area (Å²) in [6.45, 7) is 0. The first kappa shape index (κ1) is 16.9. The minimum absolute atomic E-state index is 0.340. The molecule has 126 valence electrons. The summed E-state index contributed by atoms with van der Waals surface area (Å²) in [5.41, 5.74) is 2.65. The van der Waals surface area contributed by atoms with Gasteiger partial charge in [-0.1, -0.05) is 72.8 Å². The van der Waals surface area contributed by atoms with Crippen molar-refractivity contribution in [3.63, 3.8) is 0 Å². The van der Waals surface area contributed by atoms with Crippen LogP contribution in [0.25, 0.3) is 0 Å². The molecular weight excluding hydrogens is 438 g/mol. The van der Waals surface area contributed by atoms with Gasteiger partial charge in [0.1, 0.15) is 0 Å². The number of benzene rings is 3. The lowest BCUT2D eigenvalue weighted by molar-refractivity contribution is 0.870. The number of hydrogen-bond acceptors (Lipinski definition) is 2. The lowest BCUT2D eigenvalue weighted by Crippen LogP contribution is -2.38. The third-order valence-electron chi connectivity index (χ3n) is 4.58. The molecule has 0 fully saturated rings. The van der Waals surface area contributed by atoms with Gasteiger partial charge in [-0.15, -0.1) is 0 Å². The highest BCUT2D eigenvalue weighted by atomic mass is 127. The van der Waals surface area contributed by atoms with Gasteiger partial charge in [0.25, 0.3) is 0 Å². The van der Waals surface area contributed by atoms with Crippen LogP contribution in [0.4, 0.5) is 11.4 Å². The van der Waals surface area contributed by atoms with Gasteiger partial charge in [-0.25, -0.2) is 0 Å². The summed E-state index contributed by atoms with van der Waals surface area (Å²) >= 11 is 2.55. The predicted octanol–water partition coefficient (Wildman–Crippen LogP) is 4.75. The van der Waals surface area contributed by atoms with E-state index in [2.05, 4.69) is 124 Å². The average molecular weight is 458 g/mol. The van der Waals surface area contributed by atoms with Crippen LogP contribution < -0.4 is 20.4 Å². The van der Waals surface area contributed by atoms with Gasteiger partial charge in [0, 0.05) is 13.3 Å². The minimum Gasteiger partial charge on any atom is -0.344 e. The van der Waals surface area contributed by atoms with Crippen LogP contribution in [0.1, 0.15) is 0 Å². The molecule has 0 bridgehead atoms. The Balaban J connectivity index is 1.73. The van der Waals surface area contributed by atoms with Gasteiger partial charge in [0.05, 0.1) is 11.4 Å². The number of rotatable bonds is 4. The van der Waals surface area contributed by atoms with E-state index >= 15 is 0 Å². The summed E-state index contributed by atoms with van der Waals surface area (Å²) in [7, 11) is 1.75. The monoisotopic (exact) mass is 458 g/mol. The van der Waals surface area contributed by atoms with Crippen LogP contribution in [0.15, 0.2) is 84.9 Å². The van der Waals surface area contributed by atoms with Crippen molar-refractivity contribution >= 4 is 52.5 Å². The van der Waals surface area contributed by atoms with Crippen molar-refractivity contribution in [2.75, 3.05) is 23.1 Å². The number of halogens is 1. The number of hydrogen-bond donors (Lipinski definition) is 0. The number of fused-ring (bicyclic) bond motifs is 1. The van der Waals surface area contributed by atoms with Gasteiger partial charge < -0.3 is 9.80 Å². The van der Waals surface area contributed by atoms with Crippen molar-refractivity contribution < 1.29 is 0 Å². The van der Waals surface area contributed by atoms with Crippen LogP contribution >= 0.6 is 30.5 Å². The summed E-state index contributed by atoms with van der Waals surface area (Å²) < 4.78 is 0.340. The Hall–Kier alpha value is -1.58. The summed E-state index contributed by atoms with van der Waals surface area (Å²) in [6.07, 6.45) is 1.03. The molecular formula is C21H20IN2P. The molecule has 1 atom stereocenters. The quantitative estimate of drug-likeness (QED) is 0.241. The zero-order chi connectivity index (χ0) is 17.2. The molecule has 0 aromatic heterocycles. The van der Waals surface area contributed by atoms with Crippen molar-refractivity contribution in [1.29, 1.82) is 0 Å². The highest BCUT2D eigenvalue weighted by Gasteiger charge is 2.33. The molecule has 0 aliphatic carbocycles. The summed E-state index contributed by atoms with van der Waals surface area (Å²) in [5, 5.41) is 2.86. The van der Waals surface area contributed by atoms with E-state index in [1.165, 1.54) is 22.0 Å². The maximum Gasteiger partial charge on any atom is 0.155 e. The number of para-hydroxylation sites is 2. The van der Waals surface area contributed by atoms with E-state index in [1.54, 1.807) is 0 Å². The second kappa shape index (κ2) is 7.35. The third-order valence-corrected chi connectivity index (χ3v) is 8.52. The van der Waals surface area contributed by atoms with E-state index in [0.29, 0.717) is 4.17 Å². The fourth-order valence-corrected chi connectivity index (χ4v) is 6.68. The Morgan fingerprint density at radius 3 is 1.80 bits per heavy atom. The fourth-order valence-electron chi connectivity index (χ4n) is 3.27. The lowest BCUT2D eigenvalue weighted by Gasteiger charge is -2.30. The first-order valence-electron chi connectivity index (χ1n) is 8.36. The molecule has 4 heteroatoms. The van der Waals surface area contributed by atoms with Crippen LogP contribution in [-0.4, -0.2) is 17.5 Å². The zero-order valence-electron chi connectivity index (χ0n) is 14.1. The first-order valence-corrected chi connectivity index (χ1v) is 11.1. The Labute approximate surface area is 164 Å². The SMILES string of the molecule is CN1c2ccccc2N(CP(c2ccccc2)c2ccccc2)C1I. The smallest absolute Gasteiger partial charge is 0.155 e. The summed E-state index contributed by atoms with van der Waals surface area (Å²) in [5.74, 6) is 0. The Kier molecular flexibility index (Phi) is 4.96. The second-order valence-electron chi connectivity index (χ2n) is 6.12. The Morgan fingerprint density at radius 2 is 1.24 bits per heavy atom. The van der Waals surface area contributed by atoms with Gasteiger partial charge >= 0.3 is 0 Å². The van der Waals surface area contributed by atoms with Crippen LogP contribution in [0, 0.1) is 0 Å². The molecule has 0 amide bonds. The predicted molar refractivity (Wildman–Crippen MR) is 119 cm³/mol. The van der Waals surface area contributed by atoms with Gasteiger partial charge in [0.15, 0.2) is 4.17 Å². The Morgan fingerprint density at radius 1 is 0.760 bits per heavy atom. The maximum absolute atomic E-state index is 2.55. The van der Waals surface area contributed by atoms with Crippen LogP contribution in [0.3, 0.4) is 0 Å². The molecule has 0 radical (unpaired) electrons. The molecule has 2 nitrogen and oxygen atoms in total. The summed E-state index contributed by atoms with van der Waals surface area (Å²) in [4.78, 5) is 4.90. The van der Waals surface area contributed by atoms with Gasteiger partial charge in [-0.3, -0.25) is 0 Å². The van der Waals surface area contributed by atoms with E-state index in [0.717, 1.165) is 6.29 Å². The third kappa shape index (κ3) is 3.28. The molecule has 3 aromatic rings. The molecule has 0 spiro atoms. The lowest BCUT2D eigenvalue weighted by atomic mass is 10.3. The second-order valence-corrected chi connectivity index (χ2v) is 9.41.